The van der Waals surface area contributed by atoms with Crippen LogP contribution in [0.25, 0.3) is 0 Å². The van der Waals surface area contributed by atoms with Crippen molar-refractivity contribution in [2.75, 3.05) is 11.9 Å². The first-order valence-corrected chi connectivity index (χ1v) is 6.75. The number of nitrogens with one attached hydrogen (secondary N) is 1. The molecule has 112 valence electrons. The smallest absolute Gasteiger partial charge is 0.292 e. The predicted molar refractivity (Wildman–Crippen MR) is 81.5 cm³/mol. The molecule has 0 saturated carbocycles. The van der Waals surface area contributed by atoms with Crippen LogP contribution in [0.3, 0.4) is 0 Å². The second-order valence-electron chi connectivity index (χ2n) is 4.48. The van der Waals surface area contributed by atoms with Crippen LogP contribution in [0.5, 0.6) is 5.75 Å². The number of amides is 1. The number of aryl methyl sites for hydroxylation is 1. The van der Waals surface area contributed by atoms with E-state index in [1.165, 1.54) is 10.6 Å². The first-order valence-electron chi connectivity index (χ1n) is 6.75. The summed E-state index contributed by atoms with van der Waals surface area (Å²) in [6.45, 7) is 0.0368. The molecule has 2 aromatic rings. The third kappa shape index (κ3) is 4.21. The van der Waals surface area contributed by atoms with Gasteiger partial charge in [0.2, 0.25) is 0 Å². The van der Waals surface area contributed by atoms with Crippen molar-refractivity contribution in [3.8, 4) is 11.8 Å². The summed E-state index contributed by atoms with van der Waals surface area (Å²) >= 11 is 0. The predicted octanol–water partition coefficient (Wildman–Crippen LogP) is 1.78. The lowest BCUT2D eigenvalue weighted by Crippen LogP contribution is -2.25. The molecule has 1 aromatic heterocycles. The van der Waals surface area contributed by atoms with Gasteiger partial charge in [0, 0.05) is 18.4 Å². The molecule has 0 bridgehead atoms. The van der Waals surface area contributed by atoms with Crippen molar-refractivity contribution in [3.05, 3.63) is 59.0 Å². The molecule has 0 unspecified atom stereocenters. The number of nitrogens with zero attached hydrogens (tertiary/aromatic N) is 2. The van der Waals surface area contributed by atoms with Crippen molar-refractivity contribution in [2.45, 2.75) is 13.0 Å². The maximum atomic E-state index is 12.0. The molecule has 6 nitrogen and oxygen atoms in total. The fraction of sp³-hybridized carbons (Fsp3) is 0.188. The Hall–Kier alpha value is -3.07. The molecule has 1 heterocycles. The van der Waals surface area contributed by atoms with Crippen LogP contribution in [0.4, 0.5) is 5.69 Å². The highest BCUT2D eigenvalue weighted by Crippen LogP contribution is 2.06. The molecule has 0 radical (unpaired) electrons. The van der Waals surface area contributed by atoms with Gasteiger partial charge in [0.1, 0.15) is 0 Å². The summed E-state index contributed by atoms with van der Waals surface area (Å²) in [5.41, 5.74) is 0.306. The molecule has 0 atom stereocenters. The van der Waals surface area contributed by atoms with Crippen molar-refractivity contribution in [1.82, 2.24) is 4.57 Å². The Bertz CT molecular complexity index is 732. The molecule has 22 heavy (non-hydrogen) atoms. The van der Waals surface area contributed by atoms with Crippen molar-refractivity contribution >= 4 is 11.6 Å². The number of pyridine rings is 1. The van der Waals surface area contributed by atoms with Crippen LogP contribution in [0.2, 0.25) is 0 Å². The zero-order chi connectivity index (χ0) is 15.8. The molecule has 2 rings (SSSR count). The van der Waals surface area contributed by atoms with E-state index in [2.05, 4.69) is 5.32 Å². The van der Waals surface area contributed by atoms with Crippen LogP contribution < -0.4 is 15.6 Å². The summed E-state index contributed by atoms with van der Waals surface area (Å²) in [6, 6.07) is 14.1. The number of hydrogen-bond acceptors (Lipinski definition) is 4. The second-order valence-corrected chi connectivity index (χ2v) is 4.48. The number of para-hydroxylation sites is 1. The lowest BCUT2D eigenvalue weighted by atomic mass is 10.3. The Morgan fingerprint density at radius 3 is 2.73 bits per heavy atom. The van der Waals surface area contributed by atoms with E-state index in [9.17, 15) is 9.59 Å². The summed E-state index contributed by atoms with van der Waals surface area (Å²) in [5, 5.41) is 11.2. The van der Waals surface area contributed by atoms with E-state index >= 15 is 0 Å². The number of nitriles is 1. The molecule has 1 aromatic carbocycles. The molecule has 0 saturated heterocycles. The van der Waals surface area contributed by atoms with Gasteiger partial charge in [-0.05, 0) is 24.3 Å². The monoisotopic (exact) mass is 297 g/mol. The highest BCUT2D eigenvalue weighted by molar-refractivity contribution is 5.91. The Morgan fingerprint density at radius 2 is 2.00 bits per heavy atom. The third-order valence-electron chi connectivity index (χ3n) is 2.87. The summed E-state index contributed by atoms with van der Waals surface area (Å²) in [5.74, 6) is -0.262. The molecule has 0 spiro atoms. The van der Waals surface area contributed by atoms with Gasteiger partial charge in [0.15, 0.2) is 12.4 Å². The molecule has 0 aliphatic rings. The molecule has 0 aliphatic carbocycles. The first-order chi connectivity index (χ1) is 10.7. The SMILES string of the molecule is N#CCCn1cccc(OCC(=O)Nc2ccccc2)c1=O. The number of hydrogen-bond donors (Lipinski definition) is 1. The topological polar surface area (TPSA) is 84.1 Å². The van der Waals surface area contributed by atoms with Crippen molar-refractivity contribution in [3.63, 3.8) is 0 Å². The van der Waals surface area contributed by atoms with E-state index in [0.29, 0.717) is 12.2 Å². The van der Waals surface area contributed by atoms with Gasteiger partial charge in [0.25, 0.3) is 11.5 Å². The fourth-order valence-corrected chi connectivity index (χ4v) is 1.83. The van der Waals surface area contributed by atoms with Crippen LogP contribution in [0, 0.1) is 11.3 Å². The van der Waals surface area contributed by atoms with Crippen LogP contribution in [0.15, 0.2) is 53.5 Å². The molecule has 1 N–H and O–H groups in total. The van der Waals surface area contributed by atoms with Gasteiger partial charge in [0.05, 0.1) is 12.5 Å². The van der Waals surface area contributed by atoms with Crippen molar-refractivity contribution in [2.24, 2.45) is 0 Å². The minimum atomic E-state index is -0.356. The van der Waals surface area contributed by atoms with E-state index in [1.54, 1.807) is 24.4 Å². The largest absolute Gasteiger partial charge is 0.478 e. The average Bonchev–Trinajstić information content (AvgIpc) is 2.54. The maximum absolute atomic E-state index is 12.0. The summed E-state index contributed by atoms with van der Waals surface area (Å²) in [6.07, 6.45) is 1.81. The Kier molecular flexibility index (Phi) is 5.32. The van der Waals surface area contributed by atoms with E-state index in [0.717, 1.165) is 0 Å². The average molecular weight is 297 g/mol. The van der Waals surface area contributed by atoms with Gasteiger partial charge in [-0.2, -0.15) is 5.26 Å². The van der Waals surface area contributed by atoms with Gasteiger partial charge in [-0.15, -0.1) is 0 Å². The number of carbonyl (C=O) groups is 1. The standard InChI is InChI=1S/C16H15N3O3/c17-9-5-11-19-10-4-8-14(16(19)21)22-12-15(20)18-13-6-2-1-3-7-13/h1-4,6-8,10H,5,11-12H2,(H,18,20). The van der Waals surface area contributed by atoms with Crippen LogP contribution in [-0.2, 0) is 11.3 Å². The number of anilines is 1. The lowest BCUT2D eigenvalue weighted by molar-refractivity contribution is -0.118. The van der Waals surface area contributed by atoms with E-state index in [-0.39, 0.29) is 30.2 Å². The van der Waals surface area contributed by atoms with E-state index in [4.69, 9.17) is 10.00 Å². The van der Waals surface area contributed by atoms with Gasteiger partial charge < -0.3 is 14.6 Å². The summed E-state index contributed by atoms with van der Waals surface area (Å²) in [4.78, 5) is 23.8. The number of rotatable bonds is 6. The summed E-state index contributed by atoms with van der Waals surface area (Å²) in [7, 11) is 0. The number of aromatic nitrogens is 1. The van der Waals surface area contributed by atoms with Gasteiger partial charge in [-0.25, -0.2) is 0 Å². The van der Waals surface area contributed by atoms with Gasteiger partial charge in [-0.1, -0.05) is 18.2 Å². The fourth-order valence-electron chi connectivity index (χ4n) is 1.83. The van der Waals surface area contributed by atoms with Crippen molar-refractivity contribution < 1.29 is 9.53 Å². The Morgan fingerprint density at radius 1 is 1.23 bits per heavy atom. The highest BCUT2D eigenvalue weighted by Gasteiger charge is 2.07. The normalized spacial score (nSPS) is 9.77. The quantitative estimate of drug-likeness (QED) is 0.880. The number of benzene rings is 1. The maximum Gasteiger partial charge on any atom is 0.292 e. The van der Waals surface area contributed by atoms with Crippen LogP contribution >= 0.6 is 0 Å². The Labute approximate surface area is 127 Å². The lowest BCUT2D eigenvalue weighted by Gasteiger charge is -2.09. The van der Waals surface area contributed by atoms with Crippen LogP contribution in [0.1, 0.15) is 6.42 Å². The van der Waals surface area contributed by atoms with Gasteiger partial charge >= 0.3 is 0 Å². The molecule has 6 heteroatoms. The first kappa shape index (κ1) is 15.3. The number of ether oxygens (including phenoxy) is 1. The van der Waals surface area contributed by atoms with E-state index < -0.39 is 0 Å². The van der Waals surface area contributed by atoms with Crippen LogP contribution in [-0.4, -0.2) is 17.1 Å². The molecular weight excluding hydrogens is 282 g/mol. The van der Waals surface area contributed by atoms with E-state index in [1.807, 2.05) is 24.3 Å². The van der Waals surface area contributed by atoms with Crippen molar-refractivity contribution in [1.29, 1.82) is 5.26 Å². The summed E-state index contributed by atoms with van der Waals surface area (Å²) < 4.78 is 6.65. The number of carbonyl (C=O) groups excluding carboxylic acids is 1. The van der Waals surface area contributed by atoms with Gasteiger partial charge in [-0.3, -0.25) is 9.59 Å². The third-order valence-corrected chi connectivity index (χ3v) is 2.87. The second kappa shape index (κ2) is 7.64. The zero-order valence-electron chi connectivity index (χ0n) is 11.9. The zero-order valence-corrected chi connectivity index (χ0v) is 11.9. The molecule has 0 aliphatic heterocycles. The minimum Gasteiger partial charge on any atom is -0.478 e. The Balaban J connectivity index is 1.95. The molecule has 0 fully saturated rings. The molecule has 1 amide bonds. The molecular formula is C16H15N3O3. The minimum absolute atomic E-state index is 0.0867. The highest BCUT2D eigenvalue weighted by atomic mass is 16.5.